The van der Waals surface area contributed by atoms with Crippen molar-refractivity contribution in [2.75, 3.05) is 6.54 Å². The molecule has 1 N–H and O–H groups in total. The second-order valence-corrected chi connectivity index (χ2v) is 6.85. The monoisotopic (exact) mass is 279 g/mol. The molecule has 2 saturated carbocycles. The van der Waals surface area contributed by atoms with Gasteiger partial charge in [0.15, 0.2) is 0 Å². The third-order valence-corrected chi connectivity index (χ3v) is 5.54. The Kier molecular flexibility index (Phi) is 3.99. The Morgan fingerprint density at radius 2 is 2.05 bits per heavy atom. The van der Waals surface area contributed by atoms with Crippen molar-refractivity contribution in [3.63, 3.8) is 0 Å². The summed E-state index contributed by atoms with van der Waals surface area (Å²) in [7, 11) is 0. The van der Waals surface area contributed by atoms with Gasteiger partial charge in [0.25, 0.3) is 0 Å². The molecule has 4 heteroatoms. The average Bonchev–Trinajstić information content (AvgIpc) is 2.92. The first-order chi connectivity index (χ1) is 9.65. The lowest BCUT2D eigenvalue weighted by Crippen LogP contribution is -2.37. The highest BCUT2D eigenvalue weighted by Crippen LogP contribution is 2.44. The molecule has 1 heterocycles. The van der Waals surface area contributed by atoms with Crippen molar-refractivity contribution < 1.29 is 14.3 Å². The summed E-state index contributed by atoms with van der Waals surface area (Å²) in [5.41, 5.74) is 0. The first kappa shape index (κ1) is 13.9. The van der Waals surface area contributed by atoms with Crippen molar-refractivity contribution >= 4 is 11.9 Å². The van der Waals surface area contributed by atoms with Crippen LogP contribution in [0.2, 0.25) is 0 Å². The molecule has 0 unspecified atom stereocenters. The summed E-state index contributed by atoms with van der Waals surface area (Å²) in [6, 6.07) is 0. The number of rotatable bonds is 3. The van der Waals surface area contributed by atoms with E-state index < -0.39 is 0 Å². The number of esters is 1. The van der Waals surface area contributed by atoms with Crippen molar-refractivity contribution in [3.05, 3.63) is 0 Å². The Bertz CT molecular complexity index is 389. The van der Waals surface area contributed by atoms with Gasteiger partial charge in [-0.3, -0.25) is 9.59 Å². The summed E-state index contributed by atoms with van der Waals surface area (Å²) in [5, 5.41) is 3.15. The van der Waals surface area contributed by atoms with Crippen LogP contribution in [0.25, 0.3) is 0 Å². The van der Waals surface area contributed by atoms with Gasteiger partial charge < -0.3 is 10.1 Å². The first-order valence-electron chi connectivity index (χ1n) is 8.12. The Balaban J connectivity index is 1.52. The molecule has 4 atom stereocenters. The van der Waals surface area contributed by atoms with Gasteiger partial charge in [0.1, 0.15) is 6.10 Å². The van der Waals surface area contributed by atoms with Crippen LogP contribution < -0.4 is 5.32 Å². The van der Waals surface area contributed by atoms with Crippen molar-refractivity contribution in [1.29, 1.82) is 0 Å². The minimum absolute atomic E-state index is 0.0597. The Hall–Kier alpha value is -1.06. The molecule has 2 aliphatic carbocycles. The number of amides is 1. The standard InChI is InChI=1S/C16H25NO3/c1-10-7-14-12(8-15(18)20-14)13(10)9-17-16(19)11-5-3-2-4-6-11/h10-14H,2-9H2,1H3,(H,17,19)/t10-,12-,13+,14+/m1/s1. The number of fused-ring (bicyclic) bond motifs is 1. The van der Waals surface area contributed by atoms with Crippen LogP contribution in [-0.2, 0) is 14.3 Å². The lowest BCUT2D eigenvalue weighted by Gasteiger charge is -2.24. The predicted octanol–water partition coefficient (Wildman–Crippen LogP) is 2.27. The minimum Gasteiger partial charge on any atom is -0.462 e. The molecule has 20 heavy (non-hydrogen) atoms. The van der Waals surface area contributed by atoms with E-state index in [1.54, 1.807) is 0 Å². The lowest BCUT2D eigenvalue weighted by molar-refractivity contribution is -0.141. The molecular formula is C16H25NO3. The number of carbonyl (C=O) groups is 2. The van der Waals surface area contributed by atoms with Gasteiger partial charge in [-0.15, -0.1) is 0 Å². The number of ether oxygens (including phenoxy) is 1. The van der Waals surface area contributed by atoms with Crippen LogP contribution in [0.15, 0.2) is 0 Å². The van der Waals surface area contributed by atoms with E-state index in [4.69, 9.17) is 4.74 Å². The molecule has 3 fully saturated rings. The fourth-order valence-electron chi connectivity index (χ4n) is 4.32. The van der Waals surface area contributed by atoms with Gasteiger partial charge in [0.2, 0.25) is 5.91 Å². The molecule has 3 aliphatic rings. The van der Waals surface area contributed by atoms with Gasteiger partial charge in [0, 0.05) is 18.4 Å². The maximum absolute atomic E-state index is 12.2. The summed E-state index contributed by atoms with van der Waals surface area (Å²) < 4.78 is 5.36. The number of hydrogen-bond acceptors (Lipinski definition) is 3. The normalized spacial score (nSPS) is 37.5. The molecule has 4 nitrogen and oxygen atoms in total. The van der Waals surface area contributed by atoms with Gasteiger partial charge in [-0.25, -0.2) is 0 Å². The highest BCUT2D eigenvalue weighted by molar-refractivity contribution is 5.78. The quantitative estimate of drug-likeness (QED) is 0.806. The summed E-state index contributed by atoms with van der Waals surface area (Å²) in [4.78, 5) is 23.6. The molecule has 1 aliphatic heterocycles. The molecule has 0 aromatic carbocycles. The van der Waals surface area contributed by atoms with E-state index >= 15 is 0 Å². The van der Waals surface area contributed by atoms with Crippen LogP contribution in [0.4, 0.5) is 0 Å². The van der Waals surface area contributed by atoms with Gasteiger partial charge in [0.05, 0.1) is 6.42 Å². The average molecular weight is 279 g/mol. The zero-order valence-electron chi connectivity index (χ0n) is 12.3. The van der Waals surface area contributed by atoms with Crippen molar-refractivity contribution in [2.45, 2.75) is 58.0 Å². The van der Waals surface area contributed by atoms with E-state index in [0.29, 0.717) is 30.7 Å². The SMILES string of the molecule is C[C@@H]1C[C@@H]2OC(=O)C[C@@H]2[C@H]1CNC(=O)C1CCCCC1. The third kappa shape index (κ3) is 2.70. The maximum Gasteiger partial charge on any atom is 0.306 e. The highest BCUT2D eigenvalue weighted by atomic mass is 16.6. The van der Waals surface area contributed by atoms with E-state index in [2.05, 4.69) is 12.2 Å². The van der Waals surface area contributed by atoms with Crippen LogP contribution in [0.5, 0.6) is 0 Å². The van der Waals surface area contributed by atoms with Crippen molar-refractivity contribution in [1.82, 2.24) is 5.32 Å². The zero-order valence-corrected chi connectivity index (χ0v) is 12.3. The fourth-order valence-corrected chi connectivity index (χ4v) is 4.32. The molecule has 0 spiro atoms. The maximum atomic E-state index is 12.2. The molecule has 0 radical (unpaired) electrons. The summed E-state index contributed by atoms with van der Waals surface area (Å²) >= 11 is 0. The van der Waals surface area contributed by atoms with Crippen LogP contribution in [0, 0.1) is 23.7 Å². The van der Waals surface area contributed by atoms with Gasteiger partial charge in [-0.2, -0.15) is 0 Å². The van der Waals surface area contributed by atoms with E-state index in [9.17, 15) is 9.59 Å². The molecule has 112 valence electrons. The van der Waals surface area contributed by atoms with E-state index in [-0.39, 0.29) is 23.9 Å². The van der Waals surface area contributed by atoms with Crippen LogP contribution in [0.1, 0.15) is 51.9 Å². The fraction of sp³-hybridized carbons (Fsp3) is 0.875. The van der Waals surface area contributed by atoms with E-state index in [0.717, 1.165) is 19.3 Å². The summed E-state index contributed by atoms with van der Waals surface area (Å²) in [6.07, 6.45) is 7.33. The first-order valence-corrected chi connectivity index (χ1v) is 8.12. The zero-order chi connectivity index (χ0) is 14.1. The van der Waals surface area contributed by atoms with Crippen molar-refractivity contribution in [2.24, 2.45) is 23.7 Å². The largest absolute Gasteiger partial charge is 0.462 e. The van der Waals surface area contributed by atoms with E-state index in [1.165, 1.54) is 19.3 Å². The third-order valence-electron chi connectivity index (χ3n) is 5.54. The van der Waals surface area contributed by atoms with Crippen LogP contribution in [0.3, 0.4) is 0 Å². The van der Waals surface area contributed by atoms with Gasteiger partial charge >= 0.3 is 5.97 Å². The van der Waals surface area contributed by atoms with Crippen LogP contribution in [-0.4, -0.2) is 24.5 Å². The predicted molar refractivity (Wildman–Crippen MR) is 74.8 cm³/mol. The topological polar surface area (TPSA) is 55.4 Å². The molecule has 0 bridgehead atoms. The Labute approximate surface area is 120 Å². The molecule has 1 amide bonds. The molecule has 0 aromatic rings. The molecule has 3 rings (SSSR count). The lowest BCUT2D eigenvalue weighted by atomic mass is 9.86. The second kappa shape index (κ2) is 5.74. The molecule has 0 aromatic heterocycles. The molecular weight excluding hydrogens is 254 g/mol. The smallest absolute Gasteiger partial charge is 0.306 e. The Morgan fingerprint density at radius 3 is 2.80 bits per heavy atom. The summed E-state index contributed by atoms with van der Waals surface area (Å²) in [6.45, 7) is 2.93. The second-order valence-electron chi connectivity index (χ2n) is 6.85. The van der Waals surface area contributed by atoms with Gasteiger partial charge in [-0.05, 0) is 31.1 Å². The number of nitrogens with one attached hydrogen (secondary N) is 1. The highest BCUT2D eigenvalue weighted by Gasteiger charge is 2.48. The summed E-state index contributed by atoms with van der Waals surface area (Å²) in [5.74, 6) is 1.65. The van der Waals surface area contributed by atoms with Crippen LogP contribution >= 0.6 is 0 Å². The van der Waals surface area contributed by atoms with Crippen molar-refractivity contribution in [3.8, 4) is 0 Å². The molecule has 1 saturated heterocycles. The minimum atomic E-state index is -0.0597. The van der Waals surface area contributed by atoms with E-state index in [1.807, 2.05) is 0 Å². The Morgan fingerprint density at radius 1 is 1.30 bits per heavy atom. The number of hydrogen-bond donors (Lipinski definition) is 1. The number of carbonyl (C=O) groups excluding carboxylic acids is 2. The van der Waals surface area contributed by atoms with Gasteiger partial charge in [-0.1, -0.05) is 26.2 Å².